The number of rotatable bonds is 4. The van der Waals surface area contributed by atoms with Crippen LogP contribution in [0.4, 0.5) is 0 Å². The molecule has 0 saturated carbocycles. The molecule has 3 rings (SSSR count). The summed E-state index contributed by atoms with van der Waals surface area (Å²) in [4.78, 5) is 32.1. The van der Waals surface area contributed by atoms with Crippen molar-refractivity contribution in [2.75, 3.05) is 39.3 Å². The molecule has 8 heteroatoms. The third kappa shape index (κ3) is 4.38. The monoisotopic (exact) mass is 350 g/mol. The van der Waals surface area contributed by atoms with Crippen LogP contribution in [0.2, 0.25) is 0 Å². The molecular formula is C17H26N4O4. The van der Waals surface area contributed by atoms with E-state index in [0.717, 1.165) is 25.9 Å². The molecule has 1 aromatic heterocycles. The molecule has 0 aromatic carbocycles. The van der Waals surface area contributed by atoms with Gasteiger partial charge in [-0.1, -0.05) is 0 Å². The summed E-state index contributed by atoms with van der Waals surface area (Å²) < 4.78 is 11.2. The fourth-order valence-corrected chi connectivity index (χ4v) is 3.49. The van der Waals surface area contributed by atoms with Crippen molar-refractivity contribution >= 4 is 11.8 Å². The highest BCUT2D eigenvalue weighted by molar-refractivity contribution is 5.91. The van der Waals surface area contributed by atoms with Crippen LogP contribution < -0.4 is 5.32 Å². The maximum Gasteiger partial charge on any atom is 0.291 e. The van der Waals surface area contributed by atoms with E-state index in [9.17, 15) is 9.59 Å². The summed E-state index contributed by atoms with van der Waals surface area (Å²) in [5.41, 5.74) is -0.320. The summed E-state index contributed by atoms with van der Waals surface area (Å²) >= 11 is 0. The third-order valence-corrected chi connectivity index (χ3v) is 4.76. The molecule has 0 aliphatic carbocycles. The largest absolute Gasteiger partial charge is 0.438 e. The molecule has 2 aliphatic heterocycles. The van der Waals surface area contributed by atoms with Crippen molar-refractivity contribution in [3.8, 4) is 0 Å². The van der Waals surface area contributed by atoms with Crippen LogP contribution in [-0.2, 0) is 9.53 Å². The van der Waals surface area contributed by atoms with Gasteiger partial charge in [0.1, 0.15) is 0 Å². The van der Waals surface area contributed by atoms with Crippen molar-refractivity contribution in [2.45, 2.75) is 38.3 Å². The highest BCUT2D eigenvalue weighted by Crippen LogP contribution is 2.30. The zero-order valence-electron chi connectivity index (χ0n) is 14.9. The van der Waals surface area contributed by atoms with Crippen LogP contribution >= 0.6 is 0 Å². The van der Waals surface area contributed by atoms with Gasteiger partial charge in [-0.2, -0.15) is 0 Å². The van der Waals surface area contributed by atoms with Crippen LogP contribution in [0.15, 0.2) is 17.0 Å². The van der Waals surface area contributed by atoms with Crippen LogP contribution in [-0.4, -0.2) is 77.6 Å². The molecule has 0 radical (unpaired) electrons. The van der Waals surface area contributed by atoms with Crippen LogP contribution in [0.25, 0.3) is 0 Å². The van der Waals surface area contributed by atoms with Crippen molar-refractivity contribution in [3.05, 3.63) is 18.4 Å². The average molecular weight is 350 g/mol. The summed E-state index contributed by atoms with van der Waals surface area (Å²) in [6.07, 6.45) is 4.33. The first-order chi connectivity index (χ1) is 12.0. The number of piperidine rings is 1. The lowest BCUT2D eigenvalue weighted by atomic mass is 9.89. The van der Waals surface area contributed by atoms with Gasteiger partial charge in [0.25, 0.3) is 5.91 Å². The van der Waals surface area contributed by atoms with Gasteiger partial charge >= 0.3 is 0 Å². The van der Waals surface area contributed by atoms with Crippen LogP contribution in [0.1, 0.15) is 37.2 Å². The van der Waals surface area contributed by atoms with Gasteiger partial charge in [0.2, 0.25) is 11.7 Å². The molecule has 3 heterocycles. The van der Waals surface area contributed by atoms with Crippen molar-refractivity contribution in [2.24, 2.45) is 0 Å². The number of morpholine rings is 1. The Morgan fingerprint density at radius 2 is 2.08 bits per heavy atom. The van der Waals surface area contributed by atoms with E-state index in [-0.39, 0.29) is 29.2 Å². The fraction of sp³-hybridized carbons (Fsp3) is 0.706. The van der Waals surface area contributed by atoms with Gasteiger partial charge in [-0.3, -0.25) is 14.5 Å². The second kappa shape index (κ2) is 7.53. The Morgan fingerprint density at radius 1 is 1.32 bits per heavy atom. The van der Waals surface area contributed by atoms with E-state index in [1.54, 1.807) is 4.90 Å². The predicted octanol–water partition coefficient (Wildman–Crippen LogP) is 0.506. The summed E-state index contributed by atoms with van der Waals surface area (Å²) in [6, 6.07) is 0.154. The molecule has 1 aromatic rings. The van der Waals surface area contributed by atoms with Crippen LogP contribution in [0.3, 0.4) is 0 Å². The molecule has 2 saturated heterocycles. The molecular weight excluding hydrogens is 324 g/mol. The Hall–Kier alpha value is -1.93. The Kier molecular flexibility index (Phi) is 5.39. The minimum atomic E-state index is -0.320. The van der Waals surface area contributed by atoms with Gasteiger partial charge in [-0.15, -0.1) is 0 Å². The molecule has 8 nitrogen and oxygen atoms in total. The molecule has 0 bridgehead atoms. The quantitative estimate of drug-likeness (QED) is 0.851. The maximum absolute atomic E-state index is 12.5. The number of aromatic nitrogens is 1. The number of nitrogens with zero attached hydrogens (tertiary/aromatic N) is 3. The molecule has 25 heavy (non-hydrogen) atoms. The topological polar surface area (TPSA) is 87.9 Å². The number of amides is 2. The lowest BCUT2D eigenvalue weighted by Gasteiger charge is -2.47. The maximum atomic E-state index is 12.5. The lowest BCUT2D eigenvalue weighted by molar-refractivity contribution is -0.134. The van der Waals surface area contributed by atoms with E-state index in [2.05, 4.69) is 15.2 Å². The van der Waals surface area contributed by atoms with E-state index >= 15 is 0 Å². The second-order valence-electron chi connectivity index (χ2n) is 7.12. The van der Waals surface area contributed by atoms with Crippen LogP contribution in [0, 0.1) is 0 Å². The van der Waals surface area contributed by atoms with Crippen molar-refractivity contribution in [1.29, 1.82) is 0 Å². The minimum absolute atomic E-state index is 0.0534. The number of likely N-dealkylation sites (tertiary alicyclic amines) is 1. The number of hydrogen-bond acceptors (Lipinski definition) is 6. The highest BCUT2D eigenvalue weighted by atomic mass is 16.5. The number of ether oxygens (including phenoxy) is 1. The lowest BCUT2D eigenvalue weighted by Crippen LogP contribution is -2.58. The van der Waals surface area contributed by atoms with E-state index in [1.807, 2.05) is 13.8 Å². The molecule has 2 amide bonds. The van der Waals surface area contributed by atoms with Crippen molar-refractivity contribution in [3.63, 3.8) is 0 Å². The first-order valence-corrected chi connectivity index (χ1v) is 8.81. The van der Waals surface area contributed by atoms with Crippen molar-refractivity contribution in [1.82, 2.24) is 20.1 Å². The Labute approximate surface area is 147 Å². The fourth-order valence-electron chi connectivity index (χ4n) is 3.49. The normalized spacial score (nSPS) is 20.8. The Morgan fingerprint density at radius 3 is 2.72 bits per heavy atom. The summed E-state index contributed by atoms with van der Waals surface area (Å²) in [5.74, 6) is 0.177. The SMILES string of the molecule is CC(C)NC(=O)CN1CCC2(CC1)CN(C(=O)c1cnco1)CCO2. The first kappa shape index (κ1) is 17.9. The van der Waals surface area contributed by atoms with Crippen LogP contribution in [0.5, 0.6) is 0 Å². The smallest absolute Gasteiger partial charge is 0.291 e. The summed E-state index contributed by atoms with van der Waals surface area (Å²) in [7, 11) is 0. The van der Waals surface area contributed by atoms with Gasteiger partial charge in [0, 0.05) is 25.7 Å². The second-order valence-corrected chi connectivity index (χ2v) is 7.12. The van der Waals surface area contributed by atoms with Gasteiger partial charge in [0.05, 0.1) is 31.5 Å². The molecule has 138 valence electrons. The van der Waals surface area contributed by atoms with Gasteiger partial charge < -0.3 is 19.4 Å². The molecule has 1 spiro atoms. The zero-order chi connectivity index (χ0) is 17.9. The molecule has 2 aliphatic rings. The van der Waals surface area contributed by atoms with E-state index < -0.39 is 0 Å². The zero-order valence-corrected chi connectivity index (χ0v) is 14.9. The minimum Gasteiger partial charge on any atom is -0.438 e. The van der Waals surface area contributed by atoms with E-state index in [1.165, 1.54) is 12.6 Å². The Balaban J connectivity index is 1.53. The van der Waals surface area contributed by atoms with E-state index in [4.69, 9.17) is 9.15 Å². The number of oxazole rings is 1. The standard InChI is InChI=1S/C17H26N4O4/c1-13(2)19-15(22)10-20-5-3-17(4-6-20)11-21(7-8-25-17)16(23)14-9-18-12-24-14/h9,12-13H,3-8,10-11H2,1-2H3,(H,19,22). The molecule has 2 fully saturated rings. The predicted molar refractivity (Wildman–Crippen MR) is 90.0 cm³/mol. The van der Waals surface area contributed by atoms with Gasteiger partial charge in [-0.25, -0.2) is 4.98 Å². The highest BCUT2D eigenvalue weighted by Gasteiger charge is 2.41. The summed E-state index contributed by atoms with van der Waals surface area (Å²) in [6.45, 7) is 7.53. The van der Waals surface area contributed by atoms with Gasteiger partial charge in [-0.05, 0) is 26.7 Å². The van der Waals surface area contributed by atoms with Crippen molar-refractivity contribution < 1.29 is 18.7 Å². The summed E-state index contributed by atoms with van der Waals surface area (Å²) in [5, 5.41) is 2.92. The number of carbonyl (C=O) groups excluding carboxylic acids is 2. The number of hydrogen-bond donors (Lipinski definition) is 1. The molecule has 0 atom stereocenters. The van der Waals surface area contributed by atoms with Gasteiger partial charge in [0.15, 0.2) is 6.39 Å². The molecule has 1 N–H and O–H groups in total. The number of nitrogens with one attached hydrogen (secondary N) is 1. The average Bonchev–Trinajstić information content (AvgIpc) is 3.10. The third-order valence-electron chi connectivity index (χ3n) is 4.76. The Bertz CT molecular complexity index is 594. The first-order valence-electron chi connectivity index (χ1n) is 8.81. The number of carbonyl (C=O) groups is 2. The molecule has 0 unspecified atom stereocenters. The van der Waals surface area contributed by atoms with E-state index in [0.29, 0.717) is 26.2 Å².